The first-order chi connectivity index (χ1) is 36.0. The molecule has 0 amide bonds. The van der Waals surface area contributed by atoms with Gasteiger partial charge in [0, 0.05) is 44.1 Å². The monoisotopic (exact) mass is 1280 g/mol. The summed E-state index contributed by atoms with van der Waals surface area (Å²) in [6, 6.07) is 20.5. The Hall–Kier alpha value is 0.699. The van der Waals surface area contributed by atoms with Crippen molar-refractivity contribution < 1.29 is 76.6 Å². The molecule has 0 saturated heterocycles. The summed E-state index contributed by atoms with van der Waals surface area (Å²) < 4.78 is 20.8. The third kappa shape index (κ3) is 23.6. The van der Waals surface area contributed by atoms with Gasteiger partial charge in [-0.1, -0.05) is 131 Å². The first-order valence-electron chi connectivity index (χ1n) is 26.5. The molecule has 1 N–H and O–H groups in total. The van der Waals surface area contributed by atoms with Gasteiger partial charge in [0.2, 0.25) is 0 Å². The zero-order chi connectivity index (χ0) is 60.1. The van der Waals surface area contributed by atoms with Crippen molar-refractivity contribution in [2.24, 2.45) is 0 Å². The maximum atomic E-state index is 9.50. The molecule has 1 unspecified atom stereocenters. The third-order valence-electron chi connectivity index (χ3n) is 14.8. The van der Waals surface area contributed by atoms with Gasteiger partial charge in [0.15, 0.2) is 0 Å². The van der Waals surface area contributed by atoms with E-state index in [1.807, 2.05) is 75.8 Å². The molecular weight excluding hydrogens is 1190 g/mol. The molecule has 13 heteroatoms. The van der Waals surface area contributed by atoms with E-state index >= 15 is 0 Å². The van der Waals surface area contributed by atoms with Crippen LogP contribution in [0.5, 0.6) is 0 Å². The first kappa shape index (κ1) is 84.2. The molecule has 77 heavy (non-hydrogen) atoms. The van der Waals surface area contributed by atoms with E-state index in [4.69, 9.17) is 14.7 Å². The molecule has 2 heterocycles. The van der Waals surface area contributed by atoms with Crippen LogP contribution >= 0.6 is 40.1 Å². The van der Waals surface area contributed by atoms with Crippen molar-refractivity contribution in [1.82, 2.24) is 0 Å². The van der Waals surface area contributed by atoms with Gasteiger partial charge in [0.1, 0.15) is 0 Å². The molecule has 1 atom stereocenters. The Labute approximate surface area is 576 Å². The number of hydrogen-bond acceptors (Lipinski definition) is 6. The zero-order valence-corrected chi connectivity index (χ0v) is 66.8. The summed E-state index contributed by atoms with van der Waals surface area (Å²) in [6.07, 6.45) is 2.12. The molecule has 2 aliphatic heterocycles. The molecule has 2 aliphatic rings. The van der Waals surface area contributed by atoms with Crippen LogP contribution in [0.25, 0.3) is 0 Å². The molecule has 0 spiro atoms. The van der Waals surface area contributed by atoms with Gasteiger partial charge in [-0.05, 0) is 252 Å². The number of fused-ring (bicyclic) bond motifs is 4. The number of nitrogens with zero attached hydrogens (tertiary/aromatic N) is 1. The van der Waals surface area contributed by atoms with Gasteiger partial charge in [-0.2, -0.15) is 0 Å². The van der Waals surface area contributed by atoms with Crippen molar-refractivity contribution in [2.75, 3.05) is 36.1 Å². The van der Waals surface area contributed by atoms with Crippen LogP contribution in [0.3, 0.4) is 0 Å². The van der Waals surface area contributed by atoms with E-state index in [2.05, 4.69) is 203 Å². The topological polar surface area (TPSA) is 87.7 Å². The summed E-state index contributed by atoms with van der Waals surface area (Å²) in [7, 11) is -0.405. The zero-order valence-electron chi connectivity index (χ0n) is 53.3. The summed E-state index contributed by atoms with van der Waals surface area (Å²) in [5, 5.41) is 12.3. The molecule has 8 rings (SSSR count). The average Bonchev–Trinajstić information content (AvgIpc) is 3.46. The van der Waals surface area contributed by atoms with Gasteiger partial charge in [-0.25, -0.2) is 4.67 Å². The van der Waals surface area contributed by atoms with Crippen LogP contribution in [-0.4, -0.2) is 89.0 Å². The molecule has 0 radical (unpaired) electrons. The van der Waals surface area contributed by atoms with E-state index in [-0.39, 0.29) is 52.8 Å². The predicted molar refractivity (Wildman–Crippen MR) is 343 cm³/mol. The molecule has 0 aromatic heterocycles. The van der Waals surface area contributed by atoms with Crippen molar-refractivity contribution >= 4 is 126 Å². The second-order valence-corrected chi connectivity index (χ2v) is 18.6. The molecule has 6 nitrogen and oxygen atoms in total. The minimum atomic E-state index is -3.15. The van der Waals surface area contributed by atoms with Crippen LogP contribution in [0.4, 0.5) is 27.1 Å². The summed E-state index contributed by atoms with van der Waals surface area (Å²) >= 11 is 8.38. The second kappa shape index (κ2) is 45.1. The fourth-order valence-electron chi connectivity index (χ4n) is 9.30. The number of hydrogen-bond donors (Lipinski definition) is 1. The number of benzene rings is 6. The van der Waals surface area contributed by atoms with Crippen LogP contribution in [0.1, 0.15) is 152 Å². The quantitative estimate of drug-likeness (QED) is 0.0579. The molecule has 414 valence electrons. The fourth-order valence-corrected chi connectivity index (χ4v) is 9.30. The summed E-state index contributed by atoms with van der Waals surface area (Å²) in [4.78, 5) is 11.3. The Morgan fingerprint density at radius 1 is 0.468 bits per heavy atom. The Balaban J connectivity index is -0.000000295. The van der Waals surface area contributed by atoms with E-state index in [0.717, 1.165) is 12.8 Å². The van der Waals surface area contributed by atoms with Gasteiger partial charge in [0.25, 0.3) is 0 Å². The van der Waals surface area contributed by atoms with E-state index in [0.29, 0.717) is 7.18 Å². The molecule has 6 aromatic rings. The van der Waals surface area contributed by atoms with Crippen LogP contribution in [-0.2, 0) is 22.1 Å². The Bertz CT molecular complexity index is 2490. The van der Waals surface area contributed by atoms with Gasteiger partial charge in [-0.15, -0.1) is 0 Å². The number of aryl methyl sites for hydroxylation is 2. The van der Waals surface area contributed by atoms with Crippen molar-refractivity contribution in [3.8, 4) is 0 Å². The number of halogens is 3. The number of anilines is 4. The molecular formula is C64H95Br2FK3N2O4P. The van der Waals surface area contributed by atoms with E-state index in [9.17, 15) is 4.39 Å². The number of nitrogens with one attached hydrogen (secondary N) is 1. The maximum absolute atomic E-state index is 9.50. The van der Waals surface area contributed by atoms with Gasteiger partial charge in [0.05, 0.1) is 7.18 Å². The van der Waals surface area contributed by atoms with Crippen LogP contribution in [0.2, 0.25) is 0 Å². The first-order valence-corrected chi connectivity index (χ1v) is 46.7. The number of rotatable bonds is 1. The van der Waals surface area contributed by atoms with Crippen molar-refractivity contribution in [3.63, 3.8) is 0 Å². The van der Waals surface area contributed by atoms with Crippen LogP contribution in [0, 0.1) is 125 Å². The van der Waals surface area contributed by atoms with Crippen molar-refractivity contribution in [1.29, 1.82) is 0 Å². The SMILES string of the molecule is CBr.CBr.CC.CC.CF.Cc1c(C)c(C)c2c(c1C)Cc1c(C)c(C)c(C)c(C)c1N2.Cc1c(C)c(C)c2c(c1C)Cc1c(C)c(C)c(C)c(C)c1N2C.Cc1ccccc1.Cc1ccccc1.O=[P+]([O-])O[O-].[2HH].[K+].[K][K]. The minimum absolute atomic E-state index is 0. The van der Waals surface area contributed by atoms with Crippen LogP contribution < -0.4 is 71.8 Å². The molecule has 0 bridgehead atoms. The average molecular weight is 1280 g/mol. The van der Waals surface area contributed by atoms with E-state index in [1.54, 1.807) is 0 Å². The van der Waals surface area contributed by atoms with Crippen molar-refractivity contribution in [2.45, 2.75) is 165 Å². The summed E-state index contributed by atoms with van der Waals surface area (Å²) in [6.45, 7) is 48.4. The fraction of sp³-hybridized carbons (Fsp3) is 0.438. The Morgan fingerprint density at radius 2 is 0.675 bits per heavy atom. The molecule has 6 aromatic carbocycles. The van der Waals surface area contributed by atoms with E-state index < -0.39 is 8.25 Å². The normalized spacial score (nSPS) is 10.4. The molecule has 0 fully saturated rings. The third-order valence-corrected chi connectivity index (χ3v) is 14.9. The summed E-state index contributed by atoms with van der Waals surface area (Å²) in [5.74, 6) is 3.62. The summed E-state index contributed by atoms with van der Waals surface area (Å²) in [5.41, 5.74) is 37.2. The molecule has 0 aliphatic carbocycles. The predicted octanol–water partition coefficient (Wildman–Crippen LogP) is 15.1. The number of alkyl halides is 3. The standard InChI is InChI=1S/C22H29N.C21H27N.2C7H8.2C2H6.2CH3Br.CH3F.3K.HO4P.H2/c1-11-13(3)17(7)21-19(15(11)5)10-20-16(6)12(2)14(4)18(8)22(20)23(21)9;1-10-12(3)16(7)20-18(14(10)5)9-19-15(6)11(2)13(4)17(8)21(19)22-20;2*1-7-5-3-2-4-6-7;5*1-2;;;;1-4-5(2)3;/h10H2,1-9H3;22H,9H2,1-8H3;2*2-6H,1H3;2*1-2H3;3*1H3;;;;1H;1H/q;;;;;;;;;;;+1;;/p-1/i;;;;;;;;;;;;;1+1. The Kier molecular flexibility index (Phi) is 49.3. The van der Waals surface area contributed by atoms with Crippen molar-refractivity contribution in [3.05, 3.63) is 183 Å². The Morgan fingerprint density at radius 3 is 0.896 bits per heavy atom. The van der Waals surface area contributed by atoms with Crippen LogP contribution in [0.15, 0.2) is 60.7 Å². The molecule has 0 saturated carbocycles. The second-order valence-electron chi connectivity index (χ2n) is 18.0. The van der Waals surface area contributed by atoms with E-state index in [1.165, 1.54) is 208 Å². The van der Waals surface area contributed by atoms with Gasteiger partial charge >= 0.3 is 123 Å². The van der Waals surface area contributed by atoms with Gasteiger partial charge < -0.3 is 20.4 Å². The van der Waals surface area contributed by atoms with Gasteiger partial charge in [-0.3, -0.25) is 4.39 Å².